The zero-order valence-electron chi connectivity index (χ0n) is 11.5. The van der Waals surface area contributed by atoms with Gasteiger partial charge in [0.1, 0.15) is 0 Å². The SMILES string of the molecule is CC(=O)N(c1ccc(Cl)cc1)c1nc(CNCCO)cs1. The minimum atomic E-state index is -0.110. The molecule has 0 aliphatic heterocycles. The number of halogens is 1. The van der Waals surface area contributed by atoms with E-state index < -0.39 is 0 Å². The number of aromatic nitrogens is 1. The highest BCUT2D eigenvalue weighted by Crippen LogP contribution is 2.29. The van der Waals surface area contributed by atoms with E-state index in [1.807, 2.05) is 5.38 Å². The van der Waals surface area contributed by atoms with Crippen molar-refractivity contribution in [2.75, 3.05) is 18.1 Å². The molecule has 0 radical (unpaired) electrons. The third-order valence-corrected chi connectivity index (χ3v) is 3.85. The first kappa shape index (κ1) is 15.9. The van der Waals surface area contributed by atoms with E-state index in [1.54, 1.807) is 29.2 Å². The van der Waals surface area contributed by atoms with Crippen molar-refractivity contribution in [1.82, 2.24) is 10.3 Å². The molecule has 0 unspecified atom stereocenters. The van der Waals surface area contributed by atoms with E-state index in [2.05, 4.69) is 10.3 Å². The average Bonchev–Trinajstić information content (AvgIpc) is 2.90. The van der Waals surface area contributed by atoms with Gasteiger partial charge in [-0.25, -0.2) is 4.98 Å². The van der Waals surface area contributed by atoms with Gasteiger partial charge in [0.25, 0.3) is 0 Å². The van der Waals surface area contributed by atoms with Crippen molar-refractivity contribution in [2.45, 2.75) is 13.5 Å². The highest BCUT2D eigenvalue weighted by Gasteiger charge is 2.17. The van der Waals surface area contributed by atoms with Crippen LogP contribution < -0.4 is 10.2 Å². The van der Waals surface area contributed by atoms with Gasteiger partial charge in [-0.3, -0.25) is 9.69 Å². The Kier molecular flexibility index (Phi) is 5.69. The standard InChI is InChI=1S/C14H16ClN3O2S/c1-10(20)18(13-4-2-11(15)3-5-13)14-17-12(9-21-14)8-16-6-7-19/h2-5,9,16,19H,6-8H2,1H3. The number of carbonyl (C=O) groups is 1. The molecular formula is C14H16ClN3O2S. The zero-order chi connectivity index (χ0) is 15.2. The highest BCUT2D eigenvalue weighted by atomic mass is 35.5. The molecule has 1 aromatic heterocycles. The summed E-state index contributed by atoms with van der Waals surface area (Å²) in [5.41, 5.74) is 1.57. The van der Waals surface area contributed by atoms with Crippen molar-refractivity contribution in [3.63, 3.8) is 0 Å². The molecule has 7 heteroatoms. The van der Waals surface area contributed by atoms with Crippen molar-refractivity contribution in [3.05, 3.63) is 40.4 Å². The molecule has 2 aromatic rings. The van der Waals surface area contributed by atoms with Gasteiger partial charge in [-0.1, -0.05) is 11.6 Å². The van der Waals surface area contributed by atoms with Crippen LogP contribution in [0.2, 0.25) is 5.02 Å². The molecule has 1 amide bonds. The number of amides is 1. The van der Waals surface area contributed by atoms with Gasteiger partial charge >= 0.3 is 0 Å². The van der Waals surface area contributed by atoms with Gasteiger partial charge < -0.3 is 10.4 Å². The molecule has 0 saturated carbocycles. The highest BCUT2D eigenvalue weighted by molar-refractivity contribution is 7.14. The molecule has 0 spiro atoms. The van der Waals surface area contributed by atoms with E-state index >= 15 is 0 Å². The van der Waals surface area contributed by atoms with Gasteiger partial charge in [-0.2, -0.15) is 0 Å². The van der Waals surface area contributed by atoms with Crippen molar-refractivity contribution in [3.8, 4) is 0 Å². The Morgan fingerprint density at radius 3 is 2.76 bits per heavy atom. The van der Waals surface area contributed by atoms with E-state index in [0.29, 0.717) is 23.2 Å². The number of benzene rings is 1. The summed E-state index contributed by atoms with van der Waals surface area (Å²) in [5.74, 6) is -0.110. The Bertz CT molecular complexity index is 601. The summed E-state index contributed by atoms with van der Waals surface area (Å²) in [6.45, 7) is 2.66. The third kappa shape index (κ3) is 4.25. The summed E-state index contributed by atoms with van der Waals surface area (Å²) in [6.07, 6.45) is 0. The summed E-state index contributed by atoms with van der Waals surface area (Å²) in [4.78, 5) is 17.9. The first-order valence-electron chi connectivity index (χ1n) is 6.44. The molecule has 2 rings (SSSR count). The molecule has 21 heavy (non-hydrogen) atoms. The Morgan fingerprint density at radius 1 is 1.43 bits per heavy atom. The summed E-state index contributed by atoms with van der Waals surface area (Å²) in [7, 11) is 0. The van der Waals surface area contributed by atoms with Crippen LogP contribution in [0.4, 0.5) is 10.8 Å². The molecule has 0 atom stereocenters. The fraction of sp³-hybridized carbons (Fsp3) is 0.286. The van der Waals surface area contributed by atoms with Crippen LogP contribution >= 0.6 is 22.9 Å². The van der Waals surface area contributed by atoms with Crippen LogP contribution in [0.25, 0.3) is 0 Å². The normalized spacial score (nSPS) is 10.6. The number of hydrogen-bond donors (Lipinski definition) is 2. The fourth-order valence-corrected chi connectivity index (χ4v) is 2.81. The maximum atomic E-state index is 11.9. The maximum absolute atomic E-state index is 11.9. The minimum Gasteiger partial charge on any atom is -0.395 e. The van der Waals surface area contributed by atoms with Gasteiger partial charge in [0.2, 0.25) is 5.91 Å². The molecule has 0 bridgehead atoms. The van der Waals surface area contributed by atoms with Gasteiger partial charge in [-0.05, 0) is 24.3 Å². The topological polar surface area (TPSA) is 65.5 Å². The number of rotatable bonds is 6. The molecule has 112 valence electrons. The molecule has 0 aliphatic carbocycles. The maximum Gasteiger partial charge on any atom is 0.230 e. The Morgan fingerprint density at radius 2 is 2.14 bits per heavy atom. The van der Waals surface area contributed by atoms with Crippen LogP contribution in [-0.2, 0) is 11.3 Å². The van der Waals surface area contributed by atoms with Crippen LogP contribution in [-0.4, -0.2) is 29.1 Å². The molecule has 2 N–H and O–H groups in total. The molecule has 1 aromatic carbocycles. The summed E-state index contributed by atoms with van der Waals surface area (Å²) >= 11 is 7.27. The van der Waals surface area contributed by atoms with Crippen LogP contribution in [0.1, 0.15) is 12.6 Å². The number of carbonyl (C=O) groups excluding carboxylic acids is 1. The molecule has 0 aliphatic rings. The van der Waals surface area contributed by atoms with Gasteiger partial charge in [0.05, 0.1) is 18.0 Å². The molecule has 0 fully saturated rings. The monoisotopic (exact) mass is 325 g/mol. The van der Waals surface area contributed by atoms with Crippen molar-refractivity contribution < 1.29 is 9.90 Å². The largest absolute Gasteiger partial charge is 0.395 e. The Balaban J connectivity index is 2.19. The number of aliphatic hydroxyl groups is 1. The first-order valence-corrected chi connectivity index (χ1v) is 7.70. The zero-order valence-corrected chi connectivity index (χ0v) is 13.1. The van der Waals surface area contributed by atoms with E-state index in [0.717, 1.165) is 11.4 Å². The second-order valence-corrected chi connectivity index (χ2v) is 5.63. The van der Waals surface area contributed by atoms with Crippen molar-refractivity contribution >= 4 is 39.7 Å². The summed E-state index contributed by atoms with van der Waals surface area (Å²) in [5, 5.41) is 14.9. The van der Waals surface area contributed by atoms with Crippen LogP contribution in [0, 0.1) is 0 Å². The van der Waals surface area contributed by atoms with Crippen LogP contribution in [0.15, 0.2) is 29.6 Å². The number of nitrogens with one attached hydrogen (secondary N) is 1. The number of thiazole rings is 1. The van der Waals surface area contributed by atoms with Gasteiger partial charge in [-0.15, -0.1) is 11.3 Å². The first-order chi connectivity index (χ1) is 10.1. The van der Waals surface area contributed by atoms with Crippen LogP contribution in [0.3, 0.4) is 0 Å². The van der Waals surface area contributed by atoms with E-state index in [9.17, 15) is 4.79 Å². The Labute approximate surface area is 132 Å². The summed E-state index contributed by atoms with van der Waals surface area (Å²) in [6, 6.07) is 7.05. The van der Waals surface area contributed by atoms with E-state index in [-0.39, 0.29) is 12.5 Å². The second-order valence-electron chi connectivity index (χ2n) is 4.35. The predicted molar refractivity (Wildman–Crippen MR) is 85.2 cm³/mol. The lowest BCUT2D eigenvalue weighted by Crippen LogP contribution is -2.23. The lowest BCUT2D eigenvalue weighted by molar-refractivity contribution is -0.115. The number of anilines is 2. The molecular weight excluding hydrogens is 310 g/mol. The van der Waals surface area contributed by atoms with Crippen LogP contribution in [0.5, 0.6) is 0 Å². The second kappa shape index (κ2) is 7.51. The molecule has 1 heterocycles. The lowest BCUT2D eigenvalue weighted by Gasteiger charge is -2.17. The third-order valence-electron chi connectivity index (χ3n) is 2.73. The number of aliphatic hydroxyl groups excluding tert-OH is 1. The van der Waals surface area contributed by atoms with Crippen molar-refractivity contribution in [2.24, 2.45) is 0 Å². The Hall–Kier alpha value is -1.47. The number of nitrogens with zero attached hydrogens (tertiary/aromatic N) is 2. The minimum absolute atomic E-state index is 0.0847. The lowest BCUT2D eigenvalue weighted by atomic mass is 10.3. The molecule has 5 nitrogen and oxygen atoms in total. The molecule has 0 saturated heterocycles. The van der Waals surface area contributed by atoms with E-state index in [4.69, 9.17) is 16.7 Å². The quantitative estimate of drug-likeness (QED) is 0.801. The predicted octanol–water partition coefficient (Wildman–Crippen LogP) is 2.56. The smallest absolute Gasteiger partial charge is 0.230 e. The summed E-state index contributed by atoms with van der Waals surface area (Å²) < 4.78 is 0. The fourth-order valence-electron chi connectivity index (χ4n) is 1.79. The van der Waals surface area contributed by atoms with Crippen molar-refractivity contribution in [1.29, 1.82) is 0 Å². The van der Waals surface area contributed by atoms with Gasteiger partial charge in [0.15, 0.2) is 5.13 Å². The number of hydrogen-bond acceptors (Lipinski definition) is 5. The van der Waals surface area contributed by atoms with Gasteiger partial charge in [0, 0.05) is 30.4 Å². The van der Waals surface area contributed by atoms with E-state index in [1.165, 1.54) is 18.3 Å². The average molecular weight is 326 g/mol.